The molecule has 0 heterocycles. The highest BCUT2D eigenvalue weighted by molar-refractivity contribution is 5.46. The van der Waals surface area contributed by atoms with Gasteiger partial charge in [-0.05, 0) is 25.5 Å². The molecule has 1 aromatic carbocycles. The Kier molecular flexibility index (Phi) is 3.63. The van der Waals surface area contributed by atoms with Crippen molar-refractivity contribution in [1.29, 1.82) is 0 Å². The van der Waals surface area contributed by atoms with Crippen molar-refractivity contribution in [1.82, 2.24) is 0 Å². The number of nitro benzene ring substituents is 1. The van der Waals surface area contributed by atoms with Gasteiger partial charge in [0.2, 0.25) is 0 Å². The number of hydrogen-bond acceptors (Lipinski definition) is 4. The van der Waals surface area contributed by atoms with Crippen LogP contribution in [0.5, 0.6) is 5.75 Å². The minimum Gasteiger partial charge on any atom is -0.508 e. The van der Waals surface area contributed by atoms with E-state index in [1.54, 1.807) is 6.92 Å². The van der Waals surface area contributed by atoms with Crippen LogP contribution < -0.4 is 5.73 Å². The lowest BCUT2D eigenvalue weighted by Gasteiger charge is -2.12. The van der Waals surface area contributed by atoms with Crippen molar-refractivity contribution >= 4 is 5.69 Å². The third-order valence-electron chi connectivity index (χ3n) is 2.18. The van der Waals surface area contributed by atoms with Gasteiger partial charge in [0, 0.05) is 12.1 Å². The van der Waals surface area contributed by atoms with Crippen LogP contribution in [0.4, 0.5) is 5.69 Å². The average Bonchev–Trinajstić information content (AvgIpc) is 2.15. The van der Waals surface area contributed by atoms with Crippen LogP contribution in [0.1, 0.15) is 24.9 Å². The first-order valence-electron chi connectivity index (χ1n) is 4.79. The molecule has 0 aliphatic heterocycles. The lowest BCUT2D eigenvalue weighted by molar-refractivity contribution is -0.385. The van der Waals surface area contributed by atoms with Gasteiger partial charge >= 0.3 is 0 Å². The minimum absolute atomic E-state index is 0.0298. The average molecular weight is 222 g/mol. The molecule has 0 bridgehead atoms. The van der Waals surface area contributed by atoms with E-state index in [2.05, 4.69) is 6.58 Å². The number of phenolic OH excluding ortho intramolecular Hbond substituents is 1. The molecule has 16 heavy (non-hydrogen) atoms. The zero-order valence-corrected chi connectivity index (χ0v) is 9.01. The van der Waals surface area contributed by atoms with E-state index in [1.807, 2.05) is 0 Å². The van der Waals surface area contributed by atoms with Gasteiger partial charge in [-0.25, -0.2) is 0 Å². The summed E-state index contributed by atoms with van der Waals surface area (Å²) < 4.78 is 0. The quantitative estimate of drug-likeness (QED) is 0.464. The number of aromatic hydroxyl groups is 1. The minimum atomic E-state index is -0.523. The second kappa shape index (κ2) is 4.76. The fraction of sp³-hybridized carbons (Fsp3) is 0.273. The molecule has 0 aliphatic rings. The number of rotatable bonds is 4. The predicted molar refractivity (Wildman–Crippen MR) is 61.1 cm³/mol. The van der Waals surface area contributed by atoms with Gasteiger partial charge in [0.25, 0.3) is 5.69 Å². The molecule has 0 spiro atoms. The molecular weight excluding hydrogens is 208 g/mol. The smallest absolute Gasteiger partial charge is 0.274 e. The van der Waals surface area contributed by atoms with Gasteiger partial charge in [0.1, 0.15) is 5.75 Å². The van der Waals surface area contributed by atoms with Gasteiger partial charge < -0.3 is 10.8 Å². The molecule has 1 rings (SSSR count). The maximum atomic E-state index is 10.8. The van der Waals surface area contributed by atoms with Crippen LogP contribution in [0.3, 0.4) is 0 Å². The molecule has 86 valence electrons. The highest BCUT2D eigenvalue weighted by Gasteiger charge is 2.19. The fourth-order valence-corrected chi connectivity index (χ4v) is 1.49. The zero-order chi connectivity index (χ0) is 12.3. The van der Waals surface area contributed by atoms with E-state index < -0.39 is 11.0 Å². The van der Waals surface area contributed by atoms with Crippen molar-refractivity contribution in [3.05, 3.63) is 46.0 Å². The Hall–Kier alpha value is -1.88. The van der Waals surface area contributed by atoms with Gasteiger partial charge in [-0.2, -0.15) is 0 Å². The van der Waals surface area contributed by atoms with Crippen molar-refractivity contribution in [2.24, 2.45) is 5.73 Å². The number of nitro groups is 1. The topological polar surface area (TPSA) is 89.4 Å². The third-order valence-corrected chi connectivity index (χ3v) is 2.18. The highest BCUT2D eigenvalue weighted by Crippen LogP contribution is 2.30. The molecule has 0 fully saturated rings. The van der Waals surface area contributed by atoms with Gasteiger partial charge in [0.15, 0.2) is 0 Å². The monoisotopic (exact) mass is 222 g/mol. The number of phenols is 1. The molecule has 0 aromatic heterocycles. The maximum absolute atomic E-state index is 10.8. The summed E-state index contributed by atoms with van der Waals surface area (Å²) in [6.07, 6.45) is 0.449. The van der Waals surface area contributed by atoms with Crippen LogP contribution in [0.25, 0.3) is 0 Å². The lowest BCUT2D eigenvalue weighted by atomic mass is 9.99. The molecule has 0 saturated carbocycles. The summed E-state index contributed by atoms with van der Waals surface area (Å²) in [5, 5.41) is 20.1. The molecule has 1 aromatic rings. The first kappa shape index (κ1) is 12.2. The SMILES string of the molecule is C=C(C)C[C@@H](N)c1cc(O)ccc1[N+](=O)[O-]. The van der Waals surface area contributed by atoms with Crippen LogP contribution in [0.15, 0.2) is 30.4 Å². The molecule has 0 saturated heterocycles. The standard InChI is InChI=1S/C11H14N2O3/c1-7(2)5-10(12)9-6-8(14)3-4-11(9)13(15)16/h3-4,6,10,14H,1,5,12H2,2H3/t10-/m1/s1. The molecular formula is C11H14N2O3. The van der Waals surface area contributed by atoms with E-state index in [0.29, 0.717) is 12.0 Å². The van der Waals surface area contributed by atoms with Crippen LogP contribution in [0, 0.1) is 10.1 Å². The fourth-order valence-electron chi connectivity index (χ4n) is 1.49. The van der Waals surface area contributed by atoms with E-state index >= 15 is 0 Å². The summed E-state index contributed by atoms with van der Waals surface area (Å²) in [7, 11) is 0. The van der Waals surface area contributed by atoms with Crippen molar-refractivity contribution < 1.29 is 10.0 Å². The molecule has 0 unspecified atom stereocenters. The van der Waals surface area contributed by atoms with Crippen molar-refractivity contribution in [3.63, 3.8) is 0 Å². The second-order valence-electron chi connectivity index (χ2n) is 3.77. The number of benzene rings is 1. The summed E-state index contributed by atoms with van der Waals surface area (Å²) in [4.78, 5) is 10.3. The lowest BCUT2D eigenvalue weighted by Crippen LogP contribution is -2.12. The van der Waals surface area contributed by atoms with Crippen LogP contribution in [-0.2, 0) is 0 Å². The highest BCUT2D eigenvalue weighted by atomic mass is 16.6. The largest absolute Gasteiger partial charge is 0.508 e. The Bertz CT molecular complexity index is 429. The molecule has 0 radical (unpaired) electrons. The van der Waals surface area contributed by atoms with Crippen LogP contribution >= 0.6 is 0 Å². The summed E-state index contributed by atoms with van der Waals surface area (Å²) in [6.45, 7) is 5.51. The van der Waals surface area contributed by atoms with E-state index in [1.165, 1.54) is 18.2 Å². The van der Waals surface area contributed by atoms with Crippen molar-refractivity contribution in [3.8, 4) is 5.75 Å². The van der Waals surface area contributed by atoms with E-state index in [9.17, 15) is 15.2 Å². The Labute approximate surface area is 93.4 Å². The Morgan fingerprint density at radius 1 is 1.69 bits per heavy atom. The molecule has 3 N–H and O–H groups in total. The van der Waals surface area contributed by atoms with Gasteiger partial charge in [-0.15, -0.1) is 6.58 Å². The Morgan fingerprint density at radius 2 is 2.31 bits per heavy atom. The third kappa shape index (κ3) is 2.80. The van der Waals surface area contributed by atoms with E-state index in [4.69, 9.17) is 5.73 Å². The van der Waals surface area contributed by atoms with Gasteiger partial charge in [0.05, 0.1) is 10.5 Å². The normalized spacial score (nSPS) is 12.1. The van der Waals surface area contributed by atoms with E-state index in [0.717, 1.165) is 5.57 Å². The predicted octanol–water partition coefficient (Wildman–Crippen LogP) is 2.27. The number of nitrogens with two attached hydrogens (primary N) is 1. The summed E-state index contributed by atoms with van der Waals surface area (Å²) >= 11 is 0. The number of hydrogen-bond donors (Lipinski definition) is 2. The first-order chi connectivity index (χ1) is 7.41. The number of nitrogens with zero attached hydrogens (tertiary/aromatic N) is 1. The molecule has 0 amide bonds. The van der Waals surface area contributed by atoms with Crippen molar-refractivity contribution in [2.75, 3.05) is 0 Å². The molecule has 1 atom stereocenters. The Balaban J connectivity index is 3.13. The summed E-state index contributed by atoms with van der Waals surface area (Å²) in [5.74, 6) is -0.0298. The van der Waals surface area contributed by atoms with Crippen LogP contribution in [0.2, 0.25) is 0 Å². The van der Waals surface area contributed by atoms with E-state index in [-0.39, 0.29) is 11.4 Å². The maximum Gasteiger partial charge on any atom is 0.274 e. The van der Waals surface area contributed by atoms with Crippen molar-refractivity contribution in [2.45, 2.75) is 19.4 Å². The molecule has 5 heteroatoms. The van der Waals surface area contributed by atoms with Gasteiger partial charge in [-0.3, -0.25) is 10.1 Å². The molecule has 5 nitrogen and oxygen atoms in total. The summed E-state index contributed by atoms with van der Waals surface area (Å²) in [6, 6.07) is 3.33. The summed E-state index contributed by atoms with van der Waals surface area (Å²) in [5.41, 5.74) is 6.91. The van der Waals surface area contributed by atoms with Gasteiger partial charge in [-0.1, -0.05) is 5.57 Å². The van der Waals surface area contributed by atoms with Crippen LogP contribution in [-0.4, -0.2) is 10.0 Å². The zero-order valence-electron chi connectivity index (χ0n) is 9.01. The molecule has 0 aliphatic carbocycles. The first-order valence-corrected chi connectivity index (χ1v) is 4.79. The second-order valence-corrected chi connectivity index (χ2v) is 3.77. The Morgan fingerprint density at radius 3 is 2.81 bits per heavy atom.